The molecule has 18 heavy (non-hydrogen) atoms. The Kier molecular flexibility index (Phi) is 3.92. The zero-order chi connectivity index (χ0) is 13.3. The maximum Gasteiger partial charge on any atom is 0.143 e. The number of pyridine rings is 1. The second-order valence-corrected chi connectivity index (χ2v) is 5.42. The Balaban J connectivity index is 2.18. The molecule has 0 radical (unpaired) electrons. The largest absolute Gasteiger partial charge is 0.377 e. The van der Waals surface area contributed by atoms with E-state index in [1.54, 1.807) is 6.20 Å². The number of halogens is 2. The summed E-state index contributed by atoms with van der Waals surface area (Å²) < 4.78 is 2.60. The predicted molar refractivity (Wildman–Crippen MR) is 76.9 cm³/mol. The van der Waals surface area contributed by atoms with Gasteiger partial charge in [0.25, 0.3) is 0 Å². The highest BCUT2D eigenvalue weighted by Gasteiger charge is 2.12. The van der Waals surface area contributed by atoms with Crippen molar-refractivity contribution in [2.24, 2.45) is 7.05 Å². The van der Waals surface area contributed by atoms with Gasteiger partial charge in [-0.25, -0.2) is 4.98 Å². The van der Waals surface area contributed by atoms with Gasteiger partial charge in [0.05, 0.1) is 28.1 Å². The third-order valence-corrected chi connectivity index (χ3v) is 3.83. The summed E-state index contributed by atoms with van der Waals surface area (Å²) in [5.74, 6) is 0. The molecule has 2 rings (SSSR count). The van der Waals surface area contributed by atoms with Crippen molar-refractivity contribution in [1.82, 2.24) is 14.8 Å². The van der Waals surface area contributed by atoms with Crippen molar-refractivity contribution in [3.63, 3.8) is 0 Å². The first-order valence-corrected chi connectivity index (χ1v) is 6.72. The van der Waals surface area contributed by atoms with Gasteiger partial charge in [0.15, 0.2) is 0 Å². The van der Waals surface area contributed by atoms with E-state index in [1.165, 1.54) is 5.56 Å². The van der Waals surface area contributed by atoms with E-state index in [2.05, 4.69) is 38.3 Å². The molecule has 2 heterocycles. The van der Waals surface area contributed by atoms with E-state index in [-0.39, 0.29) is 6.04 Å². The number of nitrogens with one attached hydrogen (secondary N) is 1. The molecule has 0 aromatic carbocycles. The predicted octanol–water partition coefficient (Wildman–Crippen LogP) is 3.71. The van der Waals surface area contributed by atoms with Crippen LogP contribution in [0.4, 0.5) is 5.69 Å². The van der Waals surface area contributed by atoms with Crippen molar-refractivity contribution < 1.29 is 0 Å². The molecule has 1 atom stereocenters. The Morgan fingerprint density at radius 2 is 2.22 bits per heavy atom. The zero-order valence-corrected chi connectivity index (χ0v) is 12.7. The van der Waals surface area contributed by atoms with Gasteiger partial charge in [0.2, 0.25) is 0 Å². The first-order chi connectivity index (χ1) is 8.47. The molecular formula is C12H14BrClN4. The summed E-state index contributed by atoms with van der Waals surface area (Å²) in [4.78, 5) is 4.09. The smallest absolute Gasteiger partial charge is 0.143 e. The molecule has 2 aromatic heterocycles. The molecule has 2 aromatic rings. The lowest BCUT2D eigenvalue weighted by Gasteiger charge is -2.14. The van der Waals surface area contributed by atoms with Crippen LogP contribution in [0.1, 0.15) is 24.2 Å². The highest BCUT2D eigenvalue weighted by Crippen LogP contribution is 2.26. The molecule has 0 saturated carbocycles. The lowest BCUT2D eigenvalue weighted by atomic mass is 10.1. The summed E-state index contributed by atoms with van der Waals surface area (Å²) in [6, 6.07) is 2.07. The molecule has 6 heteroatoms. The molecule has 0 aliphatic heterocycles. The molecule has 0 fully saturated rings. The van der Waals surface area contributed by atoms with Gasteiger partial charge in [-0.1, -0.05) is 11.6 Å². The maximum atomic E-state index is 5.86. The average molecular weight is 330 g/mol. The number of rotatable bonds is 3. The van der Waals surface area contributed by atoms with Gasteiger partial charge < -0.3 is 5.32 Å². The van der Waals surface area contributed by atoms with E-state index >= 15 is 0 Å². The average Bonchev–Trinajstić information content (AvgIpc) is 2.63. The third kappa shape index (κ3) is 2.84. The van der Waals surface area contributed by atoms with Crippen LogP contribution in [0.25, 0.3) is 0 Å². The van der Waals surface area contributed by atoms with Gasteiger partial charge in [0, 0.05) is 18.8 Å². The molecule has 4 nitrogen and oxygen atoms in total. The van der Waals surface area contributed by atoms with Crippen molar-refractivity contribution in [3.8, 4) is 0 Å². The topological polar surface area (TPSA) is 42.7 Å². The second-order valence-electron chi connectivity index (χ2n) is 4.21. The summed E-state index contributed by atoms with van der Waals surface area (Å²) >= 11 is 9.22. The lowest BCUT2D eigenvalue weighted by Crippen LogP contribution is -2.07. The van der Waals surface area contributed by atoms with Crippen LogP contribution in [0.3, 0.4) is 0 Å². The molecule has 96 valence electrons. The summed E-state index contributed by atoms with van der Waals surface area (Å²) in [6.07, 6.45) is 3.74. The fourth-order valence-electron chi connectivity index (χ4n) is 1.87. The minimum Gasteiger partial charge on any atom is -0.377 e. The SMILES string of the molecule is Cc1nn(C)cc1C(C)Nc1cnc(Cl)c(Br)c1. The minimum atomic E-state index is 0.161. The van der Waals surface area contributed by atoms with Crippen molar-refractivity contribution in [3.05, 3.63) is 39.3 Å². The number of nitrogens with zero attached hydrogens (tertiary/aromatic N) is 3. The molecular weight excluding hydrogens is 316 g/mol. The van der Waals surface area contributed by atoms with Crippen LogP contribution in [-0.2, 0) is 7.05 Å². The third-order valence-electron chi connectivity index (χ3n) is 2.70. The molecule has 0 amide bonds. The first kappa shape index (κ1) is 13.4. The Morgan fingerprint density at radius 1 is 1.50 bits per heavy atom. The van der Waals surface area contributed by atoms with Gasteiger partial charge in [-0.3, -0.25) is 4.68 Å². The van der Waals surface area contributed by atoms with Crippen LogP contribution in [0.5, 0.6) is 0 Å². The van der Waals surface area contributed by atoms with Crippen molar-refractivity contribution in [1.29, 1.82) is 0 Å². The van der Waals surface area contributed by atoms with E-state index in [9.17, 15) is 0 Å². The summed E-state index contributed by atoms with van der Waals surface area (Å²) in [7, 11) is 1.92. The first-order valence-electron chi connectivity index (χ1n) is 5.55. The van der Waals surface area contributed by atoms with Crippen LogP contribution < -0.4 is 5.32 Å². The molecule has 0 spiro atoms. The van der Waals surface area contributed by atoms with Crippen molar-refractivity contribution in [2.75, 3.05) is 5.32 Å². The number of aryl methyl sites for hydroxylation is 2. The monoisotopic (exact) mass is 328 g/mol. The van der Waals surface area contributed by atoms with E-state index in [1.807, 2.05) is 30.9 Å². The van der Waals surface area contributed by atoms with Crippen LogP contribution in [0.15, 0.2) is 22.9 Å². The van der Waals surface area contributed by atoms with Crippen LogP contribution in [0, 0.1) is 6.92 Å². The van der Waals surface area contributed by atoms with E-state index < -0.39 is 0 Å². The highest BCUT2D eigenvalue weighted by atomic mass is 79.9. The summed E-state index contributed by atoms with van der Waals surface area (Å²) in [6.45, 7) is 4.09. The van der Waals surface area contributed by atoms with E-state index in [0.29, 0.717) is 5.15 Å². The van der Waals surface area contributed by atoms with E-state index in [4.69, 9.17) is 11.6 Å². The van der Waals surface area contributed by atoms with Crippen molar-refractivity contribution >= 4 is 33.2 Å². The number of hydrogen-bond donors (Lipinski definition) is 1. The number of anilines is 1. The Morgan fingerprint density at radius 3 is 2.78 bits per heavy atom. The fourth-order valence-corrected chi connectivity index (χ4v) is 2.32. The van der Waals surface area contributed by atoms with Gasteiger partial charge >= 0.3 is 0 Å². The normalized spacial score (nSPS) is 12.5. The molecule has 0 saturated heterocycles. The quantitative estimate of drug-likeness (QED) is 0.873. The number of aromatic nitrogens is 3. The van der Waals surface area contributed by atoms with Gasteiger partial charge in [-0.15, -0.1) is 0 Å². The molecule has 0 aliphatic rings. The maximum absolute atomic E-state index is 5.86. The van der Waals surface area contributed by atoms with Crippen LogP contribution in [-0.4, -0.2) is 14.8 Å². The lowest BCUT2D eigenvalue weighted by molar-refractivity contribution is 0.756. The Hall–Kier alpha value is -1.07. The van der Waals surface area contributed by atoms with Gasteiger partial charge in [-0.2, -0.15) is 5.10 Å². The van der Waals surface area contributed by atoms with Gasteiger partial charge in [0.1, 0.15) is 5.15 Å². The second kappa shape index (κ2) is 5.28. The molecule has 0 aliphatic carbocycles. The summed E-state index contributed by atoms with van der Waals surface area (Å²) in [5, 5.41) is 8.18. The van der Waals surface area contributed by atoms with Crippen LogP contribution >= 0.6 is 27.5 Å². The minimum absolute atomic E-state index is 0.161. The van der Waals surface area contributed by atoms with Crippen molar-refractivity contribution in [2.45, 2.75) is 19.9 Å². The van der Waals surface area contributed by atoms with Gasteiger partial charge in [-0.05, 0) is 35.8 Å². The Bertz CT molecular complexity index is 567. The number of hydrogen-bond acceptors (Lipinski definition) is 3. The molecule has 0 bridgehead atoms. The van der Waals surface area contributed by atoms with E-state index in [0.717, 1.165) is 15.9 Å². The molecule has 1 N–H and O–H groups in total. The highest BCUT2D eigenvalue weighted by molar-refractivity contribution is 9.10. The van der Waals surface area contributed by atoms with Crippen LogP contribution in [0.2, 0.25) is 5.15 Å². The fraction of sp³-hybridized carbons (Fsp3) is 0.333. The Labute approximate surface area is 119 Å². The zero-order valence-electron chi connectivity index (χ0n) is 10.4. The summed E-state index contributed by atoms with van der Waals surface area (Å²) in [5.41, 5.74) is 3.11. The molecule has 1 unspecified atom stereocenters. The standard InChI is InChI=1S/C12H14BrClN4/c1-7(10-6-18(3)17-8(10)2)16-9-4-11(13)12(14)15-5-9/h4-7,16H,1-3H3.